The topological polar surface area (TPSA) is 64.8 Å². The minimum atomic E-state index is -3.07. The Bertz CT molecular complexity index is 1530. The van der Waals surface area contributed by atoms with Crippen LogP contribution in [-0.4, -0.2) is 34.0 Å². The first kappa shape index (κ1) is 8.82. The van der Waals surface area contributed by atoms with E-state index >= 15 is 0 Å². The minimum Gasteiger partial charge on any atom is -0.366 e. The van der Waals surface area contributed by atoms with Gasteiger partial charge in [-0.25, -0.2) is 14.4 Å². The van der Waals surface area contributed by atoms with Crippen molar-refractivity contribution in [2.24, 2.45) is 0 Å². The SMILES string of the molecule is [2H]c1c([2H])c(C([2H])([2H])N2CC([2H])([2H])C([2H])(N([2H])c3ncnc4c([2H])c(Cl)sc34)C([2H])([2H])C2)c([2H])c(C#N)c1F. The van der Waals surface area contributed by atoms with Gasteiger partial charge in [0.2, 0.25) is 0 Å². The van der Waals surface area contributed by atoms with Gasteiger partial charge in [-0.2, -0.15) is 5.26 Å². The molecule has 0 aliphatic carbocycles. The predicted octanol–water partition coefficient (Wildman–Crippen LogP) is 4.43. The van der Waals surface area contributed by atoms with E-state index in [4.69, 9.17) is 28.1 Å². The molecule has 3 heterocycles. The van der Waals surface area contributed by atoms with Crippen LogP contribution >= 0.6 is 22.9 Å². The van der Waals surface area contributed by atoms with Crippen LogP contribution in [-0.2, 0) is 6.50 Å². The second-order valence-corrected chi connectivity index (χ2v) is 6.83. The number of nitrogens with zero attached hydrogens (tertiary/aromatic N) is 4. The number of halogens is 2. The van der Waals surface area contributed by atoms with Crippen LogP contribution in [0.1, 0.15) is 39.0 Å². The van der Waals surface area contributed by atoms with Gasteiger partial charge in [-0.15, -0.1) is 11.3 Å². The number of rotatable bonds is 4. The summed E-state index contributed by atoms with van der Waals surface area (Å²) in [5.74, 6) is -1.89. The highest BCUT2D eigenvalue weighted by molar-refractivity contribution is 7.23. The first-order valence-corrected chi connectivity index (χ1v) is 8.68. The molecule has 5 nitrogen and oxygen atoms in total. The third-order valence-corrected chi connectivity index (χ3v) is 4.62. The maximum Gasteiger partial charge on any atom is 0.162 e. The number of likely N-dealkylation sites (tertiary alicyclic amines) is 1. The molecule has 1 aliphatic rings. The molecule has 0 atom stereocenters. The van der Waals surface area contributed by atoms with E-state index in [1.165, 1.54) is 6.07 Å². The maximum absolute atomic E-state index is 14.3. The van der Waals surface area contributed by atoms with Gasteiger partial charge in [-0.3, -0.25) is 4.90 Å². The molecule has 0 bridgehead atoms. The molecule has 8 heteroatoms. The minimum absolute atomic E-state index is 0.00694. The molecule has 2 aromatic heterocycles. The molecule has 27 heavy (non-hydrogen) atoms. The van der Waals surface area contributed by atoms with Crippen molar-refractivity contribution in [2.45, 2.75) is 25.3 Å². The van der Waals surface area contributed by atoms with Crippen molar-refractivity contribution < 1.29 is 20.9 Å². The van der Waals surface area contributed by atoms with Crippen LogP contribution in [0.5, 0.6) is 0 Å². The molecule has 1 aromatic carbocycles. The number of hydrogen-bond acceptors (Lipinski definition) is 6. The molecule has 0 spiro atoms. The number of thiophene rings is 1. The lowest BCUT2D eigenvalue weighted by Gasteiger charge is -2.32. The van der Waals surface area contributed by atoms with Gasteiger partial charge in [0.1, 0.15) is 24.0 Å². The molecule has 3 aromatic rings. The number of benzene rings is 1. The zero-order chi connectivity index (χ0) is 29.5. The summed E-state index contributed by atoms with van der Waals surface area (Å²) >= 11 is 6.79. The number of aromatic nitrogens is 2. The van der Waals surface area contributed by atoms with E-state index < -0.39 is 79.2 Å². The second-order valence-electron chi connectivity index (χ2n) is 5.21. The normalized spacial score (nSPS) is 27.6. The van der Waals surface area contributed by atoms with Crippen molar-refractivity contribution >= 4 is 39.0 Å². The number of piperidine rings is 1. The van der Waals surface area contributed by atoms with Gasteiger partial charge >= 0.3 is 0 Å². The smallest absolute Gasteiger partial charge is 0.162 e. The summed E-state index contributed by atoms with van der Waals surface area (Å²) in [4.78, 5) is 8.38. The van der Waals surface area contributed by atoms with E-state index in [1.54, 1.807) is 0 Å². The standard InChI is InChI=1S/C19H17ClFN5S/c20-17-8-16-18(27-17)19(24-11-23-16)25-14-3-5-26(6-4-14)10-12-1-2-15(21)13(7-12)9-22/h1-2,7-8,11,14H,3-6,10H2,(H,23,24,25)/i1D,2D,3D2,4D2,7D,8D,10D2,14D/hD. The van der Waals surface area contributed by atoms with E-state index in [0.717, 1.165) is 17.7 Å². The summed E-state index contributed by atoms with van der Waals surface area (Å²) in [5.41, 5.74) is -1.93. The van der Waals surface area contributed by atoms with Gasteiger partial charge in [-0.05, 0) is 36.4 Å². The lowest BCUT2D eigenvalue weighted by atomic mass is 10.0. The molecular weight excluding hydrogens is 385 g/mol. The third-order valence-electron chi connectivity index (χ3n) is 3.43. The molecule has 1 aliphatic heterocycles. The molecule has 1 saturated heterocycles. The molecule has 1 N–H and O–H groups in total. The van der Waals surface area contributed by atoms with Crippen LogP contribution < -0.4 is 5.31 Å². The van der Waals surface area contributed by atoms with Crippen molar-refractivity contribution in [1.82, 2.24) is 14.9 Å². The summed E-state index contributed by atoms with van der Waals surface area (Å²) in [7, 11) is 0. The van der Waals surface area contributed by atoms with E-state index in [2.05, 4.69) is 9.97 Å². The fourth-order valence-corrected chi connectivity index (χ4v) is 3.28. The summed E-state index contributed by atoms with van der Waals surface area (Å²) < 4.78 is 115. The van der Waals surface area contributed by atoms with Crippen LogP contribution in [0.2, 0.25) is 5.75 Å². The monoisotopic (exact) mass is 413 g/mol. The Morgan fingerprint density at radius 3 is 3.11 bits per heavy atom. The van der Waals surface area contributed by atoms with Crippen LogP contribution in [0, 0.1) is 17.1 Å². The Balaban J connectivity index is 1.83. The van der Waals surface area contributed by atoms with Crippen molar-refractivity contribution in [1.29, 1.82) is 5.26 Å². The Labute approximate surface area is 182 Å². The van der Waals surface area contributed by atoms with Gasteiger partial charge in [0, 0.05) is 33.8 Å². The fraction of sp³-hybridized carbons (Fsp3) is 0.316. The molecule has 138 valence electrons. The number of nitrogens with one attached hydrogen (secondary N) is 1. The molecule has 1 fully saturated rings. The average Bonchev–Trinajstić information content (AvgIpc) is 3.13. The molecular formula is C19H17ClFN5S. The van der Waals surface area contributed by atoms with E-state index in [1.807, 2.05) is 0 Å². The lowest BCUT2D eigenvalue weighted by molar-refractivity contribution is 0.211. The van der Waals surface area contributed by atoms with Crippen LogP contribution in [0.3, 0.4) is 0 Å². The van der Waals surface area contributed by atoms with Crippen LogP contribution in [0.4, 0.5) is 10.2 Å². The highest BCUT2D eigenvalue weighted by Gasteiger charge is 2.21. The maximum atomic E-state index is 14.3. The fourth-order valence-electron chi connectivity index (χ4n) is 2.24. The van der Waals surface area contributed by atoms with Gasteiger partial charge < -0.3 is 5.31 Å². The number of anilines is 1. The van der Waals surface area contributed by atoms with Gasteiger partial charge in [0.15, 0.2) is 1.41 Å². The number of hydrogen-bond donors (Lipinski definition) is 1. The van der Waals surface area contributed by atoms with Gasteiger partial charge in [-0.1, -0.05) is 17.6 Å². The quantitative estimate of drug-likeness (QED) is 0.685. The number of nitriles is 1. The van der Waals surface area contributed by atoms with E-state index in [9.17, 15) is 9.65 Å². The van der Waals surface area contributed by atoms with Crippen LogP contribution in [0.25, 0.3) is 10.2 Å². The molecule has 4 rings (SSSR count). The second kappa shape index (κ2) is 7.77. The van der Waals surface area contributed by atoms with Crippen LogP contribution in [0.15, 0.2) is 30.5 Å². The summed E-state index contributed by atoms with van der Waals surface area (Å²) in [6.45, 7) is -5.16. The summed E-state index contributed by atoms with van der Waals surface area (Å²) in [5, 5.41) is 9.43. The molecule has 0 radical (unpaired) electrons. The highest BCUT2D eigenvalue weighted by Crippen LogP contribution is 2.33. The predicted molar refractivity (Wildman–Crippen MR) is 105 cm³/mol. The molecule has 0 saturated carbocycles. The first-order chi connectivity index (χ1) is 17.8. The Morgan fingerprint density at radius 2 is 2.33 bits per heavy atom. The Morgan fingerprint density at radius 1 is 1.52 bits per heavy atom. The lowest BCUT2D eigenvalue weighted by Crippen LogP contribution is -2.38. The van der Waals surface area contributed by atoms with E-state index in [0.29, 0.717) is 4.90 Å². The average molecular weight is 414 g/mol. The van der Waals surface area contributed by atoms with Crippen molar-refractivity contribution in [3.63, 3.8) is 0 Å². The summed E-state index contributed by atoms with van der Waals surface area (Å²) in [6.07, 6.45) is -5.13. The van der Waals surface area contributed by atoms with Crippen molar-refractivity contribution in [2.75, 3.05) is 18.4 Å². The highest BCUT2D eigenvalue weighted by atomic mass is 35.5. The Kier molecular flexibility index (Phi) is 2.54. The third kappa shape index (κ3) is 4.03. The van der Waals surface area contributed by atoms with Gasteiger partial charge in [0.05, 0.1) is 27.0 Å². The Hall–Kier alpha value is -2.27. The zero-order valence-corrected chi connectivity index (χ0v) is 15.0. The van der Waals surface area contributed by atoms with Gasteiger partial charge in [0.25, 0.3) is 0 Å². The number of fused-ring (bicyclic) bond motifs is 1. The molecule has 0 amide bonds. The van der Waals surface area contributed by atoms with Crippen molar-refractivity contribution in [3.8, 4) is 6.07 Å². The molecule has 0 unspecified atom stereocenters. The van der Waals surface area contributed by atoms with E-state index in [-0.39, 0.29) is 25.9 Å². The van der Waals surface area contributed by atoms with Crippen molar-refractivity contribution in [3.05, 3.63) is 51.8 Å². The largest absolute Gasteiger partial charge is 0.366 e. The zero-order valence-electron chi connectivity index (χ0n) is 25.4. The summed E-state index contributed by atoms with van der Waals surface area (Å²) in [6, 6.07) is -5.18. The first-order valence-electron chi connectivity index (χ1n) is 13.4.